The Balaban J connectivity index is 1.46. The van der Waals surface area contributed by atoms with Crippen molar-refractivity contribution in [2.45, 2.75) is 23.3 Å². The number of hydrogen-bond acceptors (Lipinski definition) is 4. The summed E-state index contributed by atoms with van der Waals surface area (Å²) in [4.78, 5) is 11.1. The molecule has 0 amide bonds. The van der Waals surface area contributed by atoms with Crippen LogP contribution in [0.4, 0.5) is 15.8 Å². The molecular formula is C25H21FN2O4S. The molecule has 0 saturated heterocycles. The van der Waals surface area contributed by atoms with Gasteiger partial charge in [0.15, 0.2) is 0 Å². The van der Waals surface area contributed by atoms with E-state index in [2.05, 4.69) is 22.2 Å². The van der Waals surface area contributed by atoms with Crippen molar-refractivity contribution in [1.29, 1.82) is 0 Å². The molecule has 8 heteroatoms. The fourth-order valence-corrected chi connectivity index (χ4v) is 5.76. The van der Waals surface area contributed by atoms with Gasteiger partial charge in [-0.05, 0) is 66.4 Å². The predicted octanol–water partition coefficient (Wildman–Crippen LogP) is 5.15. The third-order valence-electron chi connectivity index (χ3n) is 6.27. The third-order valence-corrected chi connectivity index (χ3v) is 7.65. The van der Waals surface area contributed by atoms with Crippen molar-refractivity contribution < 1.29 is 22.7 Å². The van der Waals surface area contributed by atoms with Crippen LogP contribution in [-0.4, -0.2) is 19.5 Å². The smallest absolute Gasteiger partial charge is 0.335 e. The van der Waals surface area contributed by atoms with Gasteiger partial charge in [0.2, 0.25) is 0 Å². The summed E-state index contributed by atoms with van der Waals surface area (Å²) in [6, 6.07) is 16.9. The van der Waals surface area contributed by atoms with Crippen molar-refractivity contribution in [3.63, 3.8) is 0 Å². The van der Waals surface area contributed by atoms with E-state index in [1.165, 1.54) is 36.4 Å². The highest BCUT2D eigenvalue weighted by atomic mass is 32.2. The van der Waals surface area contributed by atoms with Crippen molar-refractivity contribution in [2.75, 3.05) is 10.0 Å². The van der Waals surface area contributed by atoms with Crippen LogP contribution in [0.5, 0.6) is 0 Å². The standard InChI is InChI=1S/C25H21FN2O4S/c26-22-7-2-1-4-20(22)24-19-6-3-5-18(19)21-14-17(12-13-23(21)27-24)33(31,32)28-16-10-8-15(9-11-16)25(29)30/h1-5,7-14,18-19,24,27-28H,6H2,(H,29,30)/t18-,19+,24-/m0/s1. The highest BCUT2D eigenvalue weighted by molar-refractivity contribution is 7.92. The van der Waals surface area contributed by atoms with Crippen molar-refractivity contribution in [3.8, 4) is 0 Å². The molecule has 0 fully saturated rings. The van der Waals surface area contributed by atoms with Gasteiger partial charge in [-0.25, -0.2) is 17.6 Å². The monoisotopic (exact) mass is 464 g/mol. The van der Waals surface area contributed by atoms with Crippen LogP contribution in [0.2, 0.25) is 0 Å². The fourth-order valence-electron chi connectivity index (χ4n) is 4.67. The van der Waals surface area contributed by atoms with E-state index in [9.17, 15) is 17.6 Å². The highest BCUT2D eigenvalue weighted by Gasteiger charge is 2.39. The first-order valence-corrected chi connectivity index (χ1v) is 12.0. The minimum atomic E-state index is -3.89. The summed E-state index contributed by atoms with van der Waals surface area (Å²) in [5, 5.41) is 12.4. The largest absolute Gasteiger partial charge is 0.478 e. The van der Waals surface area contributed by atoms with E-state index < -0.39 is 16.0 Å². The summed E-state index contributed by atoms with van der Waals surface area (Å²) in [7, 11) is -3.89. The molecule has 3 aromatic rings. The normalized spacial score (nSPS) is 21.1. The number of nitrogens with one attached hydrogen (secondary N) is 2. The lowest BCUT2D eigenvalue weighted by atomic mass is 9.77. The van der Waals surface area contributed by atoms with E-state index in [4.69, 9.17) is 5.11 Å². The molecule has 0 bridgehead atoms. The predicted molar refractivity (Wildman–Crippen MR) is 123 cm³/mol. The molecule has 0 aromatic heterocycles. The third kappa shape index (κ3) is 3.87. The summed E-state index contributed by atoms with van der Waals surface area (Å²) in [6.45, 7) is 0. The van der Waals surface area contributed by atoms with Crippen LogP contribution in [-0.2, 0) is 10.0 Å². The van der Waals surface area contributed by atoms with Gasteiger partial charge < -0.3 is 10.4 Å². The van der Waals surface area contributed by atoms with E-state index in [1.807, 2.05) is 6.07 Å². The van der Waals surface area contributed by atoms with Gasteiger partial charge in [-0.2, -0.15) is 0 Å². The summed E-state index contributed by atoms with van der Waals surface area (Å²) in [6.07, 6.45) is 4.89. The average Bonchev–Trinajstić information content (AvgIpc) is 3.29. The minimum absolute atomic E-state index is 0.0316. The number of halogens is 1. The Morgan fingerprint density at radius 2 is 1.79 bits per heavy atom. The van der Waals surface area contributed by atoms with Gasteiger partial charge >= 0.3 is 5.97 Å². The maximum Gasteiger partial charge on any atom is 0.335 e. The van der Waals surface area contributed by atoms with E-state index in [1.54, 1.807) is 24.3 Å². The van der Waals surface area contributed by atoms with Crippen LogP contribution >= 0.6 is 0 Å². The number of benzene rings is 3. The van der Waals surface area contributed by atoms with Gasteiger partial charge in [0, 0.05) is 22.9 Å². The van der Waals surface area contributed by atoms with Gasteiger partial charge in [-0.1, -0.05) is 30.4 Å². The number of allylic oxidation sites excluding steroid dienone is 2. The number of rotatable bonds is 5. The molecule has 1 aliphatic heterocycles. The Kier molecular flexibility index (Phi) is 5.17. The maximum atomic E-state index is 14.5. The Labute approximate surface area is 190 Å². The quantitative estimate of drug-likeness (QED) is 0.454. The number of carbonyl (C=O) groups is 1. The molecule has 3 N–H and O–H groups in total. The molecular weight excluding hydrogens is 443 g/mol. The molecule has 168 valence electrons. The Bertz CT molecular complexity index is 1370. The summed E-state index contributed by atoms with van der Waals surface area (Å²) >= 11 is 0. The molecule has 0 saturated carbocycles. The first-order valence-electron chi connectivity index (χ1n) is 10.5. The molecule has 1 aliphatic carbocycles. The number of fused-ring (bicyclic) bond motifs is 3. The number of hydrogen-bond donors (Lipinski definition) is 3. The van der Waals surface area contributed by atoms with Crippen LogP contribution in [0.1, 0.15) is 39.9 Å². The van der Waals surface area contributed by atoms with Gasteiger partial charge in [-0.15, -0.1) is 0 Å². The lowest BCUT2D eigenvalue weighted by Gasteiger charge is -2.37. The molecule has 0 unspecified atom stereocenters. The minimum Gasteiger partial charge on any atom is -0.478 e. The topological polar surface area (TPSA) is 95.5 Å². The average molecular weight is 465 g/mol. The zero-order chi connectivity index (χ0) is 23.2. The number of aromatic carboxylic acids is 1. The van der Waals surface area contributed by atoms with Gasteiger partial charge in [-0.3, -0.25) is 4.72 Å². The SMILES string of the molecule is O=C(O)c1ccc(NS(=O)(=O)c2ccc3c(c2)[C@H]2C=CC[C@H]2[C@@H](c2ccccc2F)N3)cc1. The Hall–Kier alpha value is -3.65. The number of carboxylic acids is 1. The first kappa shape index (κ1) is 21.2. The Morgan fingerprint density at radius 1 is 1.03 bits per heavy atom. The summed E-state index contributed by atoms with van der Waals surface area (Å²) < 4.78 is 43.1. The molecule has 5 rings (SSSR count). The molecule has 33 heavy (non-hydrogen) atoms. The first-order chi connectivity index (χ1) is 15.8. The Morgan fingerprint density at radius 3 is 2.52 bits per heavy atom. The molecule has 6 nitrogen and oxygen atoms in total. The van der Waals surface area contributed by atoms with E-state index >= 15 is 0 Å². The van der Waals surface area contributed by atoms with Crippen molar-refractivity contribution in [2.24, 2.45) is 5.92 Å². The van der Waals surface area contributed by atoms with E-state index in [0.29, 0.717) is 5.56 Å². The zero-order valence-corrected chi connectivity index (χ0v) is 18.2. The van der Waals surface area contributed by atoms with Gasteiger partial charge in [0.25, 0.3) is 10.0 Å². The van der Waals surface area contributed by atoms with Gasteiger partial charge in [0.1, 0.15) is 5.82 Å². The van der Waals surface area contributed by atoms with Crippen LogP contribution in [0.15, 0.2) is 83.8 Å². The number of sulfonamides is 1. The van der Waals surface area contributed by atoms with Crippen LogP contribution in [0.25, 0.3) is 0 Å². The molecule has 1 heterocycles. The maximum absolute atomic E-state index is 14.5. The van der Waals surface area contributed by atoms with Crippen LogP contribution < -0.4 is 10.0 Å². The lowest BCUT2D eigenvalue weighted by molar-refractivity contribution is 0.0697. The molecule has 3 aromatic carbocycles. The second-order valence-electron chi connectivity index (χ2n) is 8.23. The molecule has 0 spiro atoms. The number of carboxylic acid groups (broad SMARTS) is 1. The number of anilines is 2. The fraction of sp³-hybridized carbons (Fsp3) is 0.160. The lowest BCUT2D eigenvalue weighted by Crippen LogP contribution is -2.30. The summed E-state index contributed by atoms with van der Waals surface area (Å²) in [5.41, 5.74) is 2.58. The second-order valence-corrected chi connectivity index (χ2v) is 9.92. The van der Waals surface area contributed by atoms with Crippen molar-refractivity contribution in [1.82, 2.24) is 0 Å². The molecule has 2 aliphatic rings. The highest BCUT2D eigenvalue weighted by Crippen LogP contribution is 2.50. The molecule has 0 radical (unpaired) electrons. The van der Waals surface area contributed by atoms with Crippen molar-refractivity contribution >= 4 is 27.4 Å². The second kappa shape index (κ2) is 8.04. The van der Waals surface area contributed by atoms with Crippen LogP contribution in [0.3, 0.4) is 0 Å². The molecule has 3 atom stereocenters. The van der Waals surface area contributed by atoms with Gasteiger partial charge in [0.05, 0.1) is 16.5 Å². The van der Waals surface area contributed by atoms with Crippen LogP contribution in [0, 0.1) is 11.7 Å². The van der Waals surface area contributed by atoms with Crippen molar-refractivity contribution in [3.05, 3.63) is 101 Å². The van der Waals surface area contributed by atoms with E-state index in [-0.39, 0.29) is 39.8 Å². The zero-order valence-electron chi connectivity index (χ0n) is 17.4. The summed E-state index contributed by atoms with van der Waals surface area (Å²) in [5.74, 6) is -1.30. The van der Waals surface area contributed by atoms with E-state index in [0.717, 1.165) is 17.7 Å².